The molecule has 0 aromatic carbocycles. The zero-order valence-corrected chi connectivity index (χ0v) is 7.69. The lowest BCUT2D eigenvalue weighted by Crippen LogP contribution is -2.42. The zero-order valence-electron chi connectivity index (χ0n) is 6.88. The highest BCUT2D eigenvalue weighted by Gasteiger charge is 2.18. The van der Waals surface area contributed by atoms with Crippen molar-refractivity contribution in [2.45, 2.75) is 11.2 Å². The van der Waals surface area contributed by atoms with Crippen LogP contribution in [-0.4, -0.2) is 16.3 Å². The molecule has 0 spiro atoms. The van der Waals surface area contributed by atoms with E-state index in [2.05, 4.69) is 10.1 Å². The van der Waals surface area contributed by atoms with E-state index in [0.29, 0.717) is 5.16 Å². The van der Waals surface area contributed by atoms with Crippen LogP contribution in [0.2, 0.25) is 0 Å². The predicted molar refractivity (Wildman–Crippen MR) is 44.3 cm³/mol. The maximum absolute atomic E-state index is 8.58. The minimum Gasteiger partial charge on any atom is -0.220 e. The third kappa shape index (κ3) is 2.14. The molecule has 1 rings (SSSR count). The van der Waals surface area contributed by atoms with E-state index < -0.39 is 6.04 Å². The molecular formula is C7H6N5S+. The molecule has 0 saturated carbocycles. The summed E-state index contributed by atoms with van der Waals surface area (Å²) in [4.78, 5) is 3.92. The van der Waals surface area contributed by atoms with Crippen LogP contribution in [0.5, 0.6) is 0 Å². The lowest BCUT2D eigenvalue weighted by molar-refractivity contribution is -0.758. The highest BCUT2D eigenvalue weighted by molar-refractivity contribution is 7.98. The Hall–Kier alpha value is -1.66. The molecule has 0 atom stereocenters. The quantitative estimate of drug-likeness (QED) is 0.489. The van der Waals surface area contributed by atoms with Crippen molar-refractivity contribution in [3.8, 4) is 12.1 Å². The largest absolute Gasteiger partial charge is 0.353 e. The highest BCUT2D eigenvalue weighted by atomic mass is 32.2. The number of aromatic nitrogens is 3. The summed E-state index contributed by atoms with van der Waals surface area (Å²) in [7, 11) is 0. The average molecular weight is 192 g/mol. The van der Waals surface area contributed by atoms with Crippen molar-refractivity contribution >= 4 is 11.8 Å². The zero-order chi connectivity index (χ0) is 9.68. The van der Waals surface area contributed by atoms with Gasteiger partial charge in [0.2, 0.25) is 6.20 Å². The first-order valence-corrected chi connectivity index (χ1v) is 4.62. The smallest absolute Gasteiger partial charge is 0.220 e. The molecule has 5 nitrogen and oxygen atoms in total. The number of thioether (sulfide) groups is 1. The maximum atomic E-state index is 8.58. The Morgan fingerprint density at radius 3 is 2.77 bits per heavy atom. The van der Waals surface area contributed by atoms with Crippen molar-refractivity contribution in [3.05, 3.63) is 12.4 Å². The molecule has 64 valence electrons. The molecule has 13 heavy (non-hydrogen) atoms. The van der Waals surface area contributed by atoms with Gasteiger partial charge in [0, 0.05) is 5.10 Å². The Labute approximate surface area is 79.6 Å². The van der Waals surface area contributed by atoms with Crippen LogP contribution in [0.4, 0.5) is 0 Å². The van der Waals surface area contributed by atoms with E-state index in [1.165, 1.54) is 28.8 Å². The molecule has 1 aromatic rings. The molecule has 0 fully saturated rings. The molecule has 1 aromatic heterocycles. The van der Waals surface area contributed by atoms with Crippen LogP contribution in [0.3, 0.4) is 0 Å². The minimum atomic E-state index is -0.881. The van der Waals surface area contributed by atoms with Crippen molar-refractivity contribution in [2.75, 3.05) is 6.26 Å². The Kier molecular flexibility index (Phi) is 3.18. The maximum Gasteiger partial charge on any atom is 0.353 e. The highest BCUT2D eigenvalue weighted by Crippen LogP contribution is 2.03. The first kappa shape index (κ1) is 9.43. The van der Waals surface area contributed by atoms with Crippen LogP contribution in [0, 0.1) is 22.7 Å². The van der Waals surface area contributed by atoms with Crippen LogP contribution in [0.15, 0.2) is 17.6 Å². The van der Waals surface area contributed by atoms with E-state index >= 15 is 0 Å². The van der Waals surface area contributed by atoms with Gasteiger partial charge in [-0.2, -0.15) is 10.5 Å². The van der Waals surface area contributed by atoms with Crippen LogP contribution in [-0.2, 0) is 0 Å². The molecule has 0 aliphatic carbocycles. The van der Waals surface area contributed by atoms with Gasteiger partial charge in [0.1, 0.15) is 0 Å². The number of nitriles is 2. The molecule has 6 heteroatoms. The molecule has 0 aliphatic heterocycles. The monoisotopic (exact) mass is 192 g/mol. The van der Waals surface area contributed by atoms with Crippen molar-refractivity contribution in [1.29, 1.82) is 10.5 Å². The second kappa shape index (κ2) is 4.39. The van der Waals surface area contributed by atoms with Crippen molar-refractivity contribution in [2.24, 2.45) is 0 Å². The molecule has 0 radical (unpaired) electrons. The SMILES string of the molecule is CSc1ncc[n+](C(C#N)C#N)n1. The van der Waals surface area contributed by atoms with Crippen molar-refractivity contribution in [1.82, 2.24) is 10.1 Å². The topological polar surface area (TPSA) is 77.2 Å². The summed E-state index contributed by atoms with van der Waals surface area (Å²) in [6.07, 6.45) is 4.84. The summed E-state index contributed by atoms with van der Waals surface area (Å²) in [6, 6.07) is 2.76. The summed E-state index contributed by atoms with van der Waals surface area (Å²) in [5.41, 5.74) is 0. The fraction of sp³-hybridized carbons (Fsp3) is 0.286. The molecule has 0 saturated heterocycles. The Morgan fingerprint density at radius 2 is 2.23 bits per heavy atom. The third-order valence-electron chi connectivity index (χ3n) is 1.30. The number of hydrogen-bond donors (Lipinski definition) is 0. The van der Waals surface area contributed by atoms with Gasteiger partial charge in [0.25, 0.3) is 5.16 Å². The minimum absolute atomic E-state index is 0.540. The van der Waals surface area contributed by atoms with Gasteiger partial charge in [-0.3, -0.25) is 0 Å². The summed E-state index contributed by atoms with van der Waals surface area (Å²) in [6.45, 7) is 0. The van der Waals surface area contributed by atoms with Gasteiger partial charge in [0.15, 0.2) is 12.1 Å². The van der Waals surface area contributed by atoms with Gasteiger partial charge in [-0.15, -0.1) is 0 Å². The molecule has 0 amide bonds. The molecular weight excluding hydrogens is 186 g/mol. The first-order chi connectivity index (χ1) is 6.31. The lowest BCUT2D eigenvalue weighted by atomic mass is 10.4. The fourth-order valence-electron chi connectivity index (χ4n) is 0.708. The Balaban J connectivity index is 3.03. The number of nitrogens with zero attached hydrogens (tertiary/aromatic N) is 5. The van der Waals surface area contributed by atoms with Gasteiger partial charge in [-0.05, 0) is 6.26 Å². The van der Waals surface area contributed by atoms with Crippen LogP contribution in [0.25, 0.3) is 0 Å². The summed E-state index contributed by atoms with van der Waals surface area (Å²) < 4.78 is 1.29. The molecule has 0 unspecified atom stereocenters. The van der Waals surface area contributed by atoms with Gasteiger partial charge >= 0.3 is 6.04 Å². The van der Waals surface area contributed by atoms with E-state index in [-0.39, 0.29) is 0 Å². The van der Waals surface area contributed by atoms with Crippen molar-refractivity contribution in [3.63, 3.8) is 0 Å². The van der Waals surface area contributed by atoms with Gasteiger partial charge < -0.3 is 0 Å². The van der Waals surface area contributed by atoms with E-state index in [0.717, 1.165) is 0 Å². The molecule has 0 N–H and O–H groups in total. The van der Waals surface area contributed by atoms with Crippen LogP contribution in [0.1, 0.15) is 6.04 Å². The van der Waals surface area contributed by atoms with Gasteiger partial charge in [0.05, 0.1) is 6.20 Å². The summed E-state index contributed by atoms with van der Waals surface area (Å²) in [5, 5.41) is 21.7. The van der Waals surface area contributed by atoms with Gasteiger partial charge in [-0.25, -0.2) is 4.98 Å². The standard InChI is InChI=1S/C7H6N5S/c1-13-7-10-2-3-12(11-7)6(4-8)5-9/h2-3,6H,1H3/q+1. The summed E-state index contributed by atoms with van der Waals surface area (Å²) >= 11 is 1.36. The normalized spacial score (nSPS) is 9.23. The Bertz CT molecular complexity index is 363. The molecule has 0 aliphatic rings. The predicted octanol–water partition coefficient (Wildman–Crippen LogP) is 0.0743. The lowest BCUT2D eigenvalue weighted by Gasteiger charge is -1.92. The average Bonchev–Trinajstić information content (AvgIpc) is 2.20. The number of hydrogen-bond acceptors (Lipinski definition) is 5. The van der Waals surface area contributed by atoms with Gasteiger partial charge in [-0.1, -0.05) is 16.4 Å². The van der Waals surface area contributed by atoms with Crippen molar-refractivity contribution < 1.29 is 4.68 Å². The molecule has 1 heterocycles. The second-order valence-electron chi connectivity index (χ2n) is 2.05. The number of rotatable bonds is 2. The van der Waals surface area contributed by atoms with Crippen LogP contribution < -0.4 is 4.68 Å². The third-order valence-corrected chi connectivity index (χ3v) is 1.85. The van der Waals surface area contributed by atoms with E-state index in [9.17, 15) is 0 Å². The first-order valence-electron chi connectivity index (χ1n) is 3.39. The fourth-order valence-corrected chi connectivity index (χ4v) is 1.05. The van der Waals surface area contributed by atoms with E-state index in [4.69, 9.17) is 10.5 Å². The molecule has 0 bridgehead atoms. The van der Waals surface area contributed by atoms with E-state index in [1.54, 1.807) is 0 Å². The van der Waals surface area contributed by atoms with E-state index in [1.807, 2.05) is 18.4 Å². The second-order valence-corrected chi connectivity index (χ2v) is 2.83. The van der Waals surface area contributed by atoms with Crippen LogP contribution >= 0.6 is 11.8 Å². The Morgan fingerprint density at radius 1 is 1.54 bits per heavy atom. The summed E-state index contributed by atoms with van der Waals surface area (Å²) in [5.74, 6) is 0.